The van der Waals surface area contributed by atoms with Crippen molar-refractivity contribution in [3.8, 4) is 0 Å². The van der Waals surface area contributed by atoms with Crippen molar-refractivity contribution < 1.29 is 9.84 Å². The van der Waals surface area contributed by atoms with Gasteiger partial charge in [0.2, 0.25) is 0 Å². The van der Waals surface area contributed by atoms with E-state index in [9.17, 15) is 5.11 Å². The van der Waals surface area contributed by atoms with E-state index in [0.29, 0.717) is 19.6 Å². The molecule has 1 saturated carbocycles. The summed E-state index contributed by atoms with van der Waals surface area (Å²) in [6, 6.07) is 8.46. The van der Waals surface area contributed by atoms with Gasteiger partial charge in [0.05, 0.1) is 13.2 Å². The van der Waals surface area contributed by atoms with Crippen LogP contribution in [0.15, 0.2) is 83.8 Å². The summed E-state index contributed by atoms with van der Waals surface area (Å²) in [6.45, 7) is 17.8. The summed E-state index contributed by atoms with van der Waals surface area (Å²) in [4.78, 5) is 0. The minimum atomic E-state index is -0.808. The molecule has 1 aromatic carbocycles. The third kappa shape index (κ3) is 6.49. The number of rotatable bonds is 12. The number of allylic oxidation sites excluding steroid dienone is 5. The van der Waals surface area contributed by atoms with Gasteiger partial charge in [-0.2, -0.15) is 0 Å². The highest BCUT2D eigenvalue weighted by Gasteiger charge is 2.38. The molecule has 33 heavy (non-hydrogen) atoms. The largest absolute Gasteiger partial charge is 0.385 e. The smallest absolute Gasteiger partial charge is 0.115 e. The minimum absolute atomic E-state index is 0.151. The van der Waals surface area contributed by atoms with E-state index in [4.69, 9.17) is 4.74 Å². The van der Waals surface area contributed by atoms with Crippen LogP contribution in [0.4, 0.5) is 5.69 Å². The first kappa shape index (κ1) is 25.1. The fourth-order valence-corrected chi connectivity index (χ4v) is 4.15. The van der Waals surface area contributed by atoms with Crippen LogP contribution >= 0.6 is 0 Å². The Bertz CT molecular complexity index is 958. The van der Waals surface area contributed by atoms with Gasteiger partial charge in [-0.1, -0.05) is 57.4 Å². The van der Waals surface area contributed by atoms with Crippen molar-refractivity contribution in [2.75, 3.05) is 18.5 Å². The van der Waals surface area contributed by atoms with Crippen LogP contribution in [-0.4, -0.2) is 29.5 Å². The van der Waals surface area contributed by atoms with Crippen molar-refractivity contribution in [2.45, 2.75) is 70.9 Å². The minimum Gasteiger partial charge on any atom is -0.385 e. The number of ether oxygens (including phenoxy) is 1. The highest BCUT2D eigenvalue weighted by molar-refractivity contribution is 5.63. The van der Waals surface area contributed by atoms with Gasteiger partial charge >= 0.3 is 0 Å². The Morgan fingerprint density at radius 3 is 2.33 bits per heavy atom. The van der Waals surface area contributed by atoms with Crippen LogP contribution in [0.2, 0.25) is 0 Å². The fraction of sp³-hybridized carbons (Fsp3) is 0.448. The van der Waals surface area contributed by atoms with Crippen LogP contribution in [0.5, 0.6) is 0 Å². The Morgan fingerprint density at radius 2 is 1.85 bits per heavy atom. The molecule has 2 fully saturated rings. The molecule has 1 aliphatic heterocycles. The number of hydrogen-bond acceptors (Lipinski definition) is 4. The van der Waals surface area contributed by atoms with E-state index in [1.165, 1.54) is 24.0 Å². The summed E-state index contributed by atoms with van der Waals surface area (Å²) < 4.78 is 5.27. The highest BCUT2D eigenvalue weighted by Crippen LogP contribution is 2.38. The van der Waals surface area contributed by atoms with Gasteiger partial charge in [-0.05, 0) is 69.2 Å². The average Bonchev–Trinajstić information content (AvgIpc) is 3.50. The summed E-state index contributed by atoms with van der Waals surface area (Å²) in [6.07, 6.45) is 10.8. The Labute approximate surface area is 199 Å². The van der Waals surface area contributed by atoms with E-state index in [1.54, 1.807) is 0 Å². The van der Waals surface area contributed by atoms with E-state index in [-0.39, 0.29) is 5.54 Å². The van der Waals surface area contributed by atoms with E-state index in [1.807, 2.05) is 6.08 Å². The predicted molar refractivity (Wildman–Crippen MR) is 139 cm³/mol. The zero-order valence-corrected chi connectivity index (χ0v) is 20.8. The summed E-state index contributed by atoms with van der Waals surface area (Å²) >= 11 is 0. The lowest BCUT2D eigenvalue weighted by molar-refractivity contribution is -0.175. The zero-order chi connectivity index (χ0) is 24.1. The molecule has 1 aromatic rings. The number of aryl methyl sites for hydroxylation is 1. The topological polar surface area (TPSA) is 53.5 Å². The van der Waals surface area contributed by atoms with Crippen molar-refractivity contribution in [1.29, 1.82) is 0 Å². The molecule has 2 aliphatic rings. The van der Waals surface area contributed by atoms with Gasteiger partial charge in [-0.3, -0.25) is 0 Å². The van der Waals surface area contributed by atoms with Gasteiger partial charge in [0.15, 0.2) is 0 Å². The molecule has 1 saturated heterocycles. The number of aliphatic hydroxyl groups is 1. The highest BCUT2D eigenvalue weighted by atomic mass is 16.5. The van der Waals surface area contributed by atoms with Gasteiger partial charge < -0.3 is 20.5 Å². The Morgan fingerprint density at radius 1 is 1.18 bits per heavy atom. The van der Waals surface area contributed by atoms with Crippen LogP contribution in [0.25, 0.3) is 0 Å². The van der Waals surface area contributed by atoms with Crippen LogP contribution in [0, 0.1) is 0 Å². The normalized spacial score (nSPS) is 19.8. The molecule has 0 amide bonds. The number of nitrogens with one attached hydrogen (secondary N) is 2. The van der Waals surface area contributed by atoms with E-state index < -0.39 is 5.60 Å². The number of anilines is 1. The van der Waals surface area contributed by atoms with Gasteiger partial charge in [0.25, 0.3) is 0 Å². The second-order valence-corrected chi connectivity index (χ2v) is 9.66. The Balaban J connectivity index is 2.01. The molecule has 3 N–H and O–H groups in total. The van der Waals surface area contributed by atoms with Gasteiger partial charge in [-0.25, -0.2) is 0 Å². The molecule has 1 heterocycles. The predicted octanol–water partition coefficient (Wildman–Crippen LogP) is 6.19. The summed E-state index contributed by atoms with van der Waals surface area (Å²) in [5.41, 5.74) is 6.88. The average molecular weight is 449 g/mol. The molecule has 0 spiro atoms. The maximum atomic E-state index is 10.7. The molecule has 1 aliphatic carbocycles. The molecule has 0 unspecified atom stereocenters. The van der Waals surface area contributed by atoms with Crippen molar-refractivity contribution in [3.63, 3.8) is 0 Å². The number of hydrogen-bond donors (Lipinski definition) is 3. The van der Waals surface area contributed by atoms with E-state index in [2.05, 4.69) is 87.9 Å². The first-order chi connectivity index (χ1) is 15.7. The molecule has 0 bridgehead atoms. The van der Waals surface area contributed by atoms with Crippen molar-refractivity contribution in [2.24, 2.45) is 0 Å². The first-order valence-electron chi connectivity index (χ1n) is 12.1. The monoisotopic (exact) mass is 448 g/mol. The van der Waals surface area contributed by atoms with Crippen molar-refractivity contribution in [1.82, 2.24) is 5.32 Å². The van der Waals surface area contributed by atoms with Crippen LogP contribution in [-0.2, 0) is 11.2 Å². The molecule has 0 radical (unpaired) electrons. The van der Waals surface area contributed by atoms with Crippen molar-refractivity contribution >= 4 is 5.69 Å². The number of benzene rings is 1. The second-order valence-electron chi connectivity index (χ2n) is 9.66. The van der Waals surface area contributed by atoms with Crippen molar-refractivity contribution in [3.05, 3.63) is 89.3 Å². The fourth-order valence-electron chi connectivity index (χ4n) is 4.15. The van der Waals surface area contributed by atoms with Gasteiger partial charge in [-0.15, -0.1) is 0 Å². The van der Waals surface area contributed by atoms with Crippen LogP contribution in [0.1, 0.15) is 58.9 Å². The Hall–Kier alpha value is -2.56. The van der Waals surface area contributed by atoms with E-state index >= 15 is 0 Å². The SMILES string of the molecule is C=C\C=C(CC)/C(C(=C/CC1(O)COC1)/C(=C)Nc1ccc(CC)cc1)=C(\C)NC1(C)CC1. The third-order valence-corrected chi connectivity index (χ3v) is 6.56. The van der Waals surface area contributed by atoms with Gasteiger partial charge in [0, 0.05) is 33.8 Å². The standard InChI is InChI=1S/C29H40N2O2/c1-7-10-24(9-3)27(22(5)31-28(6)17-18-28)26(15-16-29(32)19-33-20-29)21(4)30-25-13-11-23(8-2)12-14-25/h7,10-15,30-32H,1,4,8-9,16-20H2,2-3,5-6H3/b24-10-,26-15+,27-22-. The lowest BCUT2D eigenvalue weighted by atomic mass is 9.88. The van der Waals surface area contributed by atoms with E-state index in [0.717, 1.165) is 41.1 Å². The summed E-state index contributed by atoms with van der Waals surface area (Å²) in [5.74, 6) is 0. The molecule has 0 aromatic heterocycles. The molecular formula is C29H40N2O2. The zero-order valence-electron chi connectivity index (χ0n) is 20.8. The molecule has 4 nitrogen and oxygen atoms in total. The Kier molecular flexibility index (Phi) is 8.04. The van der Waals surface area contributed by atoms with Crippen LogP contribution < -0.4 is 10.6 Å². The summed E-state index contributed by atoms with van der Waals surface area (Å²) in [5, 5.41) is 18.0. The molecule has 3 rings (SSSR count). The first-order valence-corrected chi connectivity index (χ1v) is 12.1. The molecular weight excluding hydrogens is 408 g/mol. The maximum absolute atomic E-state index is 10.7. The maximum Gasteiger partial charge on any atom is 0.115 e. The van der Waals surface area contributed by atoms with Gasteiger partial charge in [0.1, 0.15) is 5.60 Å². The molecule has 4 heteroatoms. The lowest BCUT2D eigenvalue weighted by Crippen LogP contribution is -2.49. The lowest BCUT2D eigenvalue weighted by Gasteiger charge is -2.36. The quantitative estimate of drug-likeness (QED) is 0.334. The molecule has 0 atom stereocenters. The third-order valence-electron chi connectivity index (χ3n) is 6.56. The second kappa shape index (κ2) is 10.6. The summed E-state index contributed by atoms with van der Waals surface area (Å²) in [7, 11) is 0. The molecule has 178 valence electrons. The van der Waals surface area contributed by atoms with Crippen LogP contribution in [0.3, 0.4) is 0 Å².